The van der Waals surface area contributed by atoms with Gasteiger partial charge in [0.05, 0.1) is 31.3 Å². The van der Waals surface area contributed by atoms with Crippen molar-refractivity contribution in [3.05, 3.63) is 35.4 Å². The first-order valence-corrected chi connectivity index (χ1v) is 49.8. The number of nitrogens with zero attached hydrogens (tertiary/aromatic N) is 6. The Hall–Kier alpha value is -9.78. The van der Waals surface area contributed by atoms with Crippen LogP contribution in [0.3, 0.4) is 0 Å². The van der Waals surface area contributed by atoms with Crippen LogP contribution in [0.15, 0.2) is 24.3 Å². The summed E-state index contributed by atoms with van der Waals surface area (Å²) in [7, 11) is 0. The van der Waals surface area contributed by atoms with E-state index in [4.69, 9.17) is 45.1 Å². The number of amides is 18. The van der Waals surface area contributed by atoms with Crippen molar-refractivity contribution in [3.8, 4) is 0 Å². The lowest BCUT2D eigenvalue weighted by Gasteiger charge is -2.38. The molecular weight excluding hydrogens is 1800 g/mol. The zero-order valence-corrected chi connectivity index (χ0v) is 85.0. The average Bonchev–Trinajstić information content (AvgIpc) is 1.53. The third-order valence-electron chi connectivity index (χ3n) is 30.5. The van der Waals surface area contributed by atoms with Crippen molar-refractivity contribution in [1.82, 2.24) is 77.3 Å². The molecule has 12 aliphatic rings. The number of ether oxygens (including phenoxy) is 1. The molecule has 0 radical (unpaired) electrons. The van der Waals surface area contributed by atoms with Crippen molar-refractivity contribution in [2.24, 2.45) is 115 Å². The molecule has 18 amide bonds. The lowest BCUT2D eigenvalue weighted by atomic mass is 9.80. The van der Waals surface area contributed by atoms with Gasteiger partial charge in [-0.3, -0.25) is 71.9 Å². The van der Waals surface area contributed by atoms with E-state index < -0.39 is 199 Å². The molecule has 137 heavy (non-hydrogen) atoms. The van der Waals surface area contributed by atoms with E-state index in [0.29, 0.717) is 78.4 Å². The first-order chi connectivity index (χ1) is 63.6. The molecule has 1 aromatic carbocycles. The van der Waals surface area contributed by atoms with Gasteiger partial charge in [-0.05, 0) is 135 Å². The molecule has 37 nitrogen and oxygen atoms in total. The number of piperidine rings is 4. The van der Waals surface area contributed by atoms with E-state index in [9.17, 15) is 86.3 Å². The van der Waals surface area contributed by atoms with E-state index in [-0.39, 0.29) is 94.8 Å². The summed E-state index contributed by atoms with van der Waals surface area (Å²) in [5.74, 6) is -10.3. The Labute approximate surface area is 814 Å². The van der Waals surface area contributed by atoms with E-state index in [2.05, 4.69) is 61.7 Å². The third kappa shape index (κ3) is 25.0. The van der Waals surface area contributed by atoms with E-state index in [0.717, 1.165) is 75.3 Å². The molecule has 6 aliphatic heterocycles. The number of primary amides is 3. The van der Waals surface area contributed by atoms with Gasteiger partial charge in [0.2, 0.25) is 70.5 Å². The Bertz CT molecular complexity index is 4770. The highest BCUT2D eigenvalue weighted by atomic mass is 35.5. The van der Waals surface area contributed by atoms with Gasteiger partial charge >= 0.3 is 18.1 Å². The van der Waals surface area contributed by atoms with E-state index in [1.807, 2.05) is 128 Å². The summed E-state index contributed by atoms with van der Waals surface area (Å²) in [6.07, 6.45) is 10.3. The van der Waals surface area contributed by atoms with Crippen LogP contribution in [0.4, 0.5) is 14.4 Å². The highest BCUT2D eigenvalue weighted by molar-refractivity contribution is 6.51. The predicted molar refractivity (Wildman–Crippen MR) is 508 cm³/mol. The molecule has 6 aliphatic carbocycles. The number of alkyl halides is 2. The fourth-order valence-corrected chi connectivity index (χ4v) is 22.0. The normalized spacial score (nSPS) is 25.6. The molecule has 3 unspecified atom stereocenters. The number of morpholine rings is 1. The quantitative estimate of drug-likeness (QED) is 0.0334. The lowest BCUT2D eigenvalue weighted by molar-refractivity contribution is -0.145. The van der Waals surface area contributed by atoms with Crippen molar-refractivity contribution in [1.29, 1.82) is 0 Å². The number of rotatable bonds is 32. The van der Waals surface area contributed by atoms with Crippen molar-refractivity contribution >= 4 is 130 Å². The Balaban J connectivity index is 0.000000197. The highest BCUT2D eigenvalue weighted by Gasteiger charge is 2.75. The van der Waals surface area contributed by atoms with Crippen LogP contribution in [0.25, 0.3) is 0 Å². The number of Topliss-reactive ketones (excluding diaryl/α,β-unsaturated/α-hetero) is 3. The van der Waals surface area contributed by atoms with Crippen molar-refractivity contribution in [3.63, 3.8) is 0 Å². The van der Waals surface area contributed by atoms with Gasteiger partial charge in [-0.15, -0.1) is 23.2 Å². The first kappa shape index (κ1) is 108. The van der Waals surface area contributed by atoms with Crippen LogP contribution in [0, 0.1) is 97.6 Å². The van der Waals surface area contributed by atoms with Gasteiger partial charge in [0.25, 0.3) is 17.7 Å². The van der Waals surface area contributed by atoms with Gasteiger partial charge in [-0.1, -0.05) is 208 Å². The van der Waals surface area contributed by atoms with Crippen LogP contribution in [0.1, 0.15) is 233 Å². The smallest absolute Gasteiger partial charge is 0.316 e. The average molecular weight is 1960 g/mol. The fourth-order valence-electron chi connectivity index (χ4n) is 21.2. The second kappa shape index (κ2) is 41.9. The third-order valence-corrected chi connectivity index (χ3v) is 31.6. The Kier molecular flexibility index (Phi) is 33.0. The number of fused-ring (bicyclic) bond motifs is 4. The molecule has 18 atom stereocenters. The minimum absolute atomic E-state index is 0.0557. The summed E-state index contributed by atoms with van der Waals surface area (Å²) in [4.78, 5) is 248. The number of urea groups is 3. The molecule has 760 valence electrons. The maximum Gasteiger partial charge on any atom is 0.316 e. The standard InChI is InChI=1S/C34H46Cl2N6O6.C33H54N6O6.C31H50N6O7/c1-32(2,3)25(29(46)41-14-18-9-7-8-10-19(18)15-41)39-31(48)40-26(33(4,5)6)30(47)42-16-20-22(34(20,35)36)23(42)28(45)38-21(13-17-11-12-17)24(43)27(37)44;1-18(2)23(29(43)38-14-9-8-10-15-38)36-31(45)37-26(32(3,4)5)30(44)39-17-20-22(33(20,6)7)24(39)28(42)35-21(25(40)27(34)41)16-19-12-11-13-19;1-16(2)21(27(41)36-10-12-44-13-11-36)34-29(43)35-24(30(3,4)5)28(42)37-15-18-20(31(18,6)7)22(37)26(40)33-19(14-17-8-9-17)23(38)25(32)39/h7-10,17,20-23,25-26H,11-16H2,1-6H3,(H2,37,44)(H,38,45)(H2,39,40,48);18-24,26H,8-17H2,1-7H3,(H2,34,41)(H,35,42)(H2,36,37,45);16-22,24H,8-15H2,1-7H3,(H2,32,39)(H,33,40)(H2,34,35,43)/t20-,21?,22-,23-,25+,26+;20-,21?,22-,23-,24-,26+;18-,19?,20-,21-,22-,24+/m000/s1. The van der Waals surface area contributed by atoms with Crippen molar-refractivity contribution < 1.29 is 91.0 Å². The number of likely N-dealkylation sites (tertiary alicyclic amines) is 4. The maximum atomic E-state index is 14.3. The first-order valence-electron chi connectivity index (χ1n) is 49.0. The number of carbonyl (C=O) groups excluding carboxylic acids is 18. The molecule has 1 aromatic rings. The monoisotopic (exact) mass is 1950 g/mol. The number of halogens is 2. The molecule has 6 heterocycles. The van der Waals surface area contributed by atoms with E-state index in [1.165, 1.54) is 14.7 Å². The zero-order valence-electron chi connectivity index (χ0n) is 83.5. The summed E-state index contributed by atoms with van der Waals surface area (Å²) < 4.78 is 4.09. The van der Waals surface area contributed by atoms with E-state index in [1.54, 1.807) is 35.5 Å². The molecule has 0 aromatic heterocycles. The maximum absolute atomic E-state index is 14.3. The van der Waals surface area contributed by atoms with Gasteiger partial charge < -0.3 is 99.2 Å². The Morgan fingerprint density at radius 1 is 0.380 bits per heavy atom. The number of ketones is 3. The summed E-state index contributed by atoms with van der Waals surface area (Å²) in [6, 6.07) is -5.82. The zero-order chi connectivity index (χ0) is 102. The topological polar surface area (TPSA) is 522 Å². The van der Waals surface area contributed by atoms with Crippen LogP contribution in [-0.4, -0.2) is 272 Å². The summed E-state index contributed by atoms with van der Waals surface area (Å²) in [5.41, 5.74) is 14.7. The summed E-state index contributed by atoms with van der Waals surface area (Å²) in [6.45, 7) is 42.2. The molecule has 39 heteroatoms. The number of benzene rings is 1. The minimum atomic E-state index is -1.25. The van der Waals surface area contributed by atoms with Crippen molar-refractivity contribution in [2.45, 2.75) is 312 Å². The number of hydrogen-bond acceptors (Lipinski definition) is 19. The van der Waals surface area contributed by atoms with Gasteiger partial charge in [0.15, 0.2) is 0 Å². The largest absolute Gasteiger partial charge is 0.378 e. The second-order valence-electron chi connectivity index (χ2n) is 46.6. The van der Waals surface area contributed by atoms with Gasteiger partial charge in [-0.2, -0.15) is 0 Å². The number of hydrogen-bond donors (Lipinski definition) is 12. The van der Waals surface area contributed by atoms with Crippen LogP contribution in [-0.2, 0) is 89.7 Å². The molecule has 0 bridgehead atoms. The fraction of sp³-hybridized carbons (Fsp3) is 0.755. The van der Waals surface area contributed by atoms with Gasteiger partial charge in [0, 0.05) is 70.7 Å². The molecule has 6 saturated carbocycles. The highest BCUT2D eigenvalue weighted by Crippen LogP contribution is 2.67. The molecule has 11 fully saturated rings. The van der Waals surface area contributed by atoms with Crippen LogP contribution >= 0.6 is 23.2 Å². The van der Waals surface area contributed by atoms with Crippen LogP contribution in [0.5, 0.6) is 0 Å². The molecular formula is C98H150Cl2N18O19. The van der Waals surface area contributed by atoms with Gasteiger partial charge in [-0.25, -0.2) is 14.4 Å². The molecule has 0 spiro atoms. The Morgan fingerprint density at radius 3 is 0.978 bits per heavy atom. The Morgan fingerprint density at radius 2 is 0.679 bits per heavy atom. The minimum Gasteiger partial charge on any atom is -0.378 e. The van der Waals surface area contributed by atoms with E-state index >= 15 is 0 Å². The van der Waals surface area contributed by atoms with Gasteiger partial charge in [0.1, 0.15) is 58.7 Å². The van der Waals surface area contributed by atoms with Crippen LogP contribution < -0.4 is 65.1 Å². The molecule has 13 rings (SSSR count). The van der Waals surface area contributed by atoms with Crippen LogP contribution in [0.2, 0.25) is 0 Å². The number of carbonyl (C=O) groups is 18. The summed E-state index contributed by atoms with van der Waals surface area (Å²) >= 11 is 13.0. The summed E-state index contributed by atoms with van der Waals surface area (Å²) in [5, 5.41) is 25.1. The number of nitrogens with two attached hydrogens (primary N) is 3. The predicted octanol–water partition coefficient (Wildman–Crippen LogP) is 4.98. The number of nitrogens with one attached hydrogen (secondary N) is 9. The van der Waals surface area contributed by atoms with Crippen molar-refractivity contribution in [2.75, 3.05) is 59.0 Å². The molecule has 15 N–H and O–H groups in total. The second-order valence-corrected chi connectivity index (χ2v) is 48.0. The lowest BCUT2D eigenvalue weighted by Crippen LogP contribution is -2.63. The molecule has 5 saturated heterocycles. The SMILES string of the molecule is CC(C)(C)[C@H](NC(=O)N[C@H](C(=O)N1C[C@H]2[C@@H]([C@H]1C(=O)NC(CC1CC1)C(=O)C(N)=O)C2(Cl)Cl)C(C)(C)C)C(=O)N1Cc2ccccc2C1.CC(C)[C@H](NC(=O)N[C@H](C(=O)N1C[C@H]2[C@@H]([C@H]1C(=O)NC(CC1CC1)C(=O)C(N)=O)C2(C)C)C(C)(C)C)C(=O)N1CCOCC1.CC(C)[C@H](NC(=O)N[C@H](C(=O)N1C[C@H]2[C@@H]([C@H]1C(=O)NC(CC1CCC1)C(=O)C(N)=O)C2(C)C)C(C)(C)C)C(=O)N1CCCCC1.